The quantitative estimate of drug-likeness (QED) is 0.559. The van der Waals surface area contributed by atoms with Crippen LogP contribution in [-0.2, 0) is 6.54 Å². The Balaban J connectivity index is 1.75. The molecule has 0 atom stereocenters. The number of nitrogens with one attached hydrogen (secondary N) is 1. The minimum atomic E-state index is -0.456. The van der Waals surface area contributed by atoms with Gasteiger partial charge in [-0.05, 0) is 60.0 Å². The molecule has 0 fully saturated rings. The van der Waals surface area contributed by atoms with Gasteiger partial charge in [-0.15, -0.1) is 0 Å². The van der Waals surface area contributed by atoms with Crippen molar-refractivity contribution in [1.29, 1.82) is 0 Å². The number of rotatable bonds is 8. The van der Waals surface area contributed by atoms with Crippen LogP contribution >= 0.6 is 0 Å². The van der Waals surface area contributed by atoms with Gasteiger partial charge in [0.05, 0.1) is 5.56 Å². The Morgan fingerprint density at radius 3 is 2.41 bits per heavy atom. The summed E-state index contributed by atoms with van der Waals surface area (Å²) >= 11 is 0. The minimum Gasteiger partial charge on any atom is -0.334 e. The number of hydrogen-bond acceptors (Lipinski definition) is 4. The average Bonchev–Trinajstić information content (AvgIpc) is 2.80. The van der Waals surface area contributed by atoms with E-state index >= 15 is 0 Å². The molecule has 0 radical (unpaired) electrons. The Morgan fingerprint density at radius 2 is 1.78 bits per heavy atom. The van der Waals surface area contributed by atoms with E-state index in [4.69, 9.17) is 5.73 Å². The summed E-state index contributed by atoms with van der Waals surface area (Å²) in [5.74, 6) is -0.971. The summed E-state index contributed by atoms with van der Waals surface area (Å²) in [4.78, 5) is 31.0. The monoisotopic (exact) mass is 434 g/mol. The number of nitrogens with zero attached hydrogens (tertiary/aromatic N) is 2. The van der Waals surface area contributed by atoms with Crippen molar-refractivity contribution in [3.8, 4) is 0 Å². The minimum absolute atomic E-state index is 0.251. The van der Waals surface area contributed by atoms with Gasteiger partial charge < -0.3 is 16.0 Å². The van der Waals surface area contributed by atoms with E-state index in [-0.39, 0.29) is 22.8 Å². The van der Waals surface area contributed by atoms with Gasteiger partial charge >= 0.3 is 0 Å². The summed E-state index contributed by atoms with van der Waals surface area (Å²) in [7, 11) is 0. The lowest BCUT2D eigenvalue weighted by Gasteiger charge is -2.32. The summed E-state index contributed by atoms with van der Waals surface area (Å²) in [5.41, 5.74) is 7.84. The fraction of sp³-hybridized carbons (Fsp3) is 0.240. The normalized spacial score (nSPS) is 11.1. The fourth-order valence-corrected chi connectivity index (χ4v) is 3.20. The first kappa shape index (κ1) is 23.1. The summed E-state index contributed by atoms with van der Waals surface area (Å²) in [5, 5.41) is 2.82. The van der Waals surface area contributed by atoms with E-state index < -0.39 is 5.82 Å². The fourth-order valence-electron chi connectivity index (χ4n) is 3.20. The van der Waals surface area contributed by atoms with Crippen LogP contribution < -0.4 is 11.1 Å². The molecular formula is C25H27FN4O2. The first-order valence-electron chi connectivity index (χ1n) is 10.3. The summed E-state index contributed by atoms with van der Waals surface area (Å²) in [6.07, 6.45) is 3.10. The molecule has 0 aliphatic rings. The number of amides is 2. The first-order valence-corrected chi connectivity index (χ1v) is 10.3. The van der Waals surface area contributed by atoms with Gasteiger partial charge in [-0.25, -0.2) is 4.39 Å². The maximum atomic E-state index is 13.7. The molecule has 2 amide bonds. The van der Waals surface area contributed by atoms with Gasteiger partial charge in [0.15, 0.2) is 0 Å². The van der Waals surface area contributed by atoms with Gasteiger partial charge in [0.1, 0.15) is 5.82 Å². The van der Waals surface area contributed by atoms with Crippen LogP contribution in [0.15, 0.2) is 73.1 Å². The predicted molar refractivity (Wildman–Crippen MR) is 123 cm³/mol. The van der Waals surface area contributed by atoms with Gasteiger partial charge in [-0.2, -0.15) is 0 Å². The molecule has 3 rings (SSSR count). The molecule has 3 N–H and O–H groups in total. The van der Waals surface area contributed by atoms with Crippen LogP contribution in [0.3, 0.4) is 0 Å². The van der Waals surface area contributed by atoms with Crippen LogP contribution in [0.4, 0.5) is 10.1 Å². The number of carbonyl (C=O) groups is 2. The second-order valence-corrected chi connectivity index (χ2v) is 8.43. The maximum absolute atomic E-state index is 13.7. The van der Waals surface area contributed by atoms with Crippen molar-refractivity contribution in [2.45, 2.75) is 20.4 Å². The molecule has 1 aromatic heterocycles. The molecule has 0 spiro atoms. The zero-order valence-electron chi connectivity index (χ0n) is 18.2. The molecule has 166 valence electrons. The standard InChI is InChI=1S/C25H27FN4O2/c1-25(2,16-27)17-30(24(32)19-5-3-7-21(26)13-19)15-18-8-10-22(11-9-18)29-23(31)20-6-4-12-28-14-20/h3-14H,15-17,27H2,1-2H3,(H,29,31). The number of hydrogen-bond donors (Lipinski definition) is 2. The predicted octanol–water partition coefficient (Wildman–Crippen LogP) is 4.10. The van der Waals surface area contributed by atoms with Crippen LogP contribution in [0.2, 0.25) is 0 Å². The van der Waals surface area contributed by atoms with Crippen LogP contribution in [0.1, 0.15) is 40.1 Å². The highest BCUT2D eigenvalue weighted by molar-refractivity contribution is 6.04. The summed E-state index contributed by atoms with van der Waals surface area (Å²) in [6.45, 7) is 5.11. The van der Waals surface area contributed by atoms with Gasteiger partial charge in [0.25, 0.3) is 11.8 Å². The largest absolute Gasteiger partial charge is 0.334 e. The Bertz CT molecular complexity index is 1070. The molecule has 0 aliphatic heterocycles. The molecule has 3 aromatic rings. The zero-order chi connectivity index (χ0) is 23.1. The second-order valence-electron chi connectivity index (χ2n) is 8.43. The molecule has 0 saturated heterocycles. The highest BCUT2D eigenvalue weighted by Crippen LogP contribution is 2.21. The molecule has 2 aromatic carbocycles. The number of benzene rings is 2. The van der Waals surface area contributed by atoms with E-state index in [2.05, 4.69) is 10.3 Å². The van der Waals surface area contributed by atoms with Gasteiger partial charge in [-0.3, -0.25) is 14.6 Å². The Kier molecular flexibility index (Phi) is 7.33. The molecule has 0 saturated carbocycles. The Hall–Kier alpha value is -3.58. The molecule has 6 nitrogen and oxygen atoms in total. The molecule has 0 unspecified atom stereocenters. The molecule has 0 bridgehead atoms. The van der Waals surface area contributed by atoms with Crippen LogP contribution in [0.25, 0.3) is 0 Å². The van der Waals surface area contributed by atoms with Crippen molar-refractivity contribution < 1.29 is 14.0 Å². The van der Waals surface area contributed by atoms with Crippen molar-refractivity contribution >= 4 is 17.5 Å². The number of pyridine rings is 1. The smallest absolute Gasteiger partial charge is 0.257 e. The van der Waals surface area contributed by atoms with Crippen molar-refractivity contribution in [3.05, 3.63) is 95.6 Å². The number of anilines is 1. The summed E-state index contributed by atoms with van der Waals surface area (Å²) in [6, 6.07) is 16.3. The Labute approximate surface area is 187 Å². The van der Waals surface area contributed by atoms with E-state index in [1.165, 1.54) is 24.4 Å². The van der Waals surface area contributed by atoms with E-state index in [0.717, 1.165) is 5.56 Å². The van der Waals surface area contributed by atoms with Crippen molar-refractivity contribution in [1.82, 2.24) is 9.88 Å². The molecule has 7 heteroatoms. The van der Waals surface area contributed by atoms with Gasteiger partial charge in [0, 0.05) is 36.7 Å². The first-order chi connectivity index (χ1) is 15.3. The van der Waals surface area contributed by atoms with E-state index in [9.17, 15) is 14.0 Å². The highest BCUT2D eigenvalue weighted by Gasteiger charge is 2.25. The number of aromatic nitrogens is 1. The topological polar surface area (TPSA) is 88.3 Å². The van der Waals surface area contributed by atoms with Crippen LogP contribution in [0, 0.1) is 11.2 Å². The van der Waals surface area contributed by atoms with Crippen molar-refractivity contribution in [2.24, 2.45) is 11.1 Å². The van der Waals surface area contributed by atoms with Gasteiger partial charge in [-0.1, -0.05) is 32.0 Å². The lowest BCUT2D eigenvalue weighted by Crippen LogP contribution is -2.41. The molecule has 32 heavy (non-hydrogen) atoms. The summed E-state index contributed by atoms with van der Waals surface area (Å²) < 4.78 is 13.7. The third-order valence-electron chi connectivity index (χ3n) is 5.04. The third-order valence-corrected chi connectivity index (χ3v) is 5.04. The number of halogens is 1. The molecule has 1 heterocycles. The number of nitrogens with two attached hydrogens (primary N) is 1. The zero-order valence-corrected chi connectivity index (χ0v) is 18.2. The van der Waals surface area contributed by atoms with Gasteiger partial charge in [0.2, 0.25) is 0 Å². The van der Waals surface area contributed by atoms with Crippen molar-refractivity contribution in [2.75, 3.05) is 18.4 Å². The average molecular weight is 435 g/mol. The Morgan fingerprint density at radius 1 is 1.06 bits per heavy atom. The van der Waals surface area contributed by atoms with E-state index in [1.807, 2.05) is 26.0 Å². The lowest BCUT2D eigenvalue weighted by atomic mass is 9.92. The van der Waals surface area contributed by atoms with Crippen LogP contribution in [0.5, 0.6) is 0 Å². The van der Waals surface area contributed by atoms with Crippen LogP contribution in [-0.4, -0.2) is 34.8 Å². The highest BCUT2D eigenvalue weighted by atomic mass is 19.1. The number of carbonyl (C=O) groups excluding carboxylic acids is 2. The molecular weight excluding hydrogens is 407 g/mol. The third kappa shape index (κ3) is 6.21. The van der Waals surface area contributed by atoms with E-state index in [1.54, 1.807) is 41.4 Å². The lowest BCUT2D eigenvalue weighted by molar-refractivity contribution is 0.0672. The SMILES string of the molecule is CC(C)(CN)CN(Cc1ccc(NC(=O)c2cccnc2)cc1)C(=O)c1cccc(F)c1. The van der Waals surface area contributed by atoms with Crippen molar-refractivity contribution in [3.63, 3.8) is 0 Å². The molecule has 0 aliphatic carbocycles. The maximum Gasteiger partial charge on any atom is 0.257 e. The second kappa shape index (κ2) is 10.2. The van der Waals surface area contributed by atoms with E-state index in [0.29, 0.717) is 30.9 Å².